The highest BCUT2D eigenvalue weighted by Crippen LogP contribution is 2.39. The Morgan fingerprint density at radius 1 is 0.494 bits per heavy atom. The molecule has 4 aromatic heterocycles. The summed E-state index contributed by atoms with van der Waals surface area (Å²) >= 11 is 7.20. The van der Waals surface area contributed by atoms with E-state index in [2.05, 4.69) is 91.6 Å². The molecule has 1 aromatic carbocycles. The van der Waals surface area contributed by atoms with Crippen molar-refractivity contribution in [2.24, 2.45) is 11.8 Å². The van der Waals surface area contributed by atoms with Crippen LogP contribution in [0.1, 0.15) is 301 Å². The molecule has 2 atom stereocenters. The van der Waals surface area contributed by atoms with E-state index < -0.39 is 0 Å². The average Bonchev–Trinajstić information content (AvgIpc) is 4.48. The third-order valence-electron chi connectivity index (χ3n) is 17.6. The number of hydrogen-bond donors (Lipinski definition) is 0. The summed E-state index contributed by atoms with van der Waals surface area (Å²) in [5.74, 6) is 1.03. The molecule has 0 N–H and O–H groups in total. The second-order valence-electron chi connectivity index (χ2n) is 24.3. The molecule has 0 aliphatic carbocycles. The Balaban J connectivity index is 1.32. The van der Waals surface area contributed by atoms with Gasteiger partial charge in [-0.25, -0.2) is 0 Å². The zero-order valence-electron chi connectivity index (χ0n) is 50.9. The van der Waals surface area contributed by atoms with Crippen molar-refractivity contribution in [1.82, 2.24) is 0 Å². The summed E-state index contributed by atoms with van der Waals surface area (Å²) in [7, 11) is 0. The first-order valence-corrected chi connectivity index (χ1v) is 36.7. The van der Waals surface area contributed by atoms with Gasteiger partial charge in [-0.15, -0.1) is 45.3 Å². The number of rotatable bonds is 48. The maximum atomic E-state index is 15.6. The maximum Gasteiger partial charge on any atom is 0.260 e. The van der Waals surface area contributed by atoms with Gasteiger partial charge in [0.1, 0.15) is 0 Å². The molecule has 5 aromatic rings. The molecule has 0 spiro atoms. The monoisotopic (exact) mass is 1150 g/mol. The molecule has 0 bridgehead atoms. The number of thiophene rings is 4. The van der Waals surface area contributed by atoms with Gasteiger partial charge in [0.05, 0.1) is 16.9 Å². The van der Waals surface area contributed by atoms with Crippen LogP contribution in [0.2, 0.25) is 0 Å². The van der Waals surface area contributed by atoms with Crippen molar-refractivity contribution in [2.45, 2.75) is 291 Å². The van der Waals surface area contributed by atoms with Crippen molar-refractivity contribution in [3.63, 3.8) is 0 Å². The van der Waals surface area contributed by atoms with E-state index in [9.17, 15) is 4.79 Å². The first-order chi connectivity index (χ1) is 38.9. The van der Waals surface area contributed by atoms with Crippen LogP contribution in [0.4, 0.5) is 11.4 Å². The summed E-state index contributed by atoms with van der Waals surface area (Å²) in [6, 6.07) is 13.8. The standard InChI is InChI=1S/C71H110N2O2S4/c1-6-10-14-18-22-26-28-32-35-39-43-58(42-38-34-30-24-20-16-12-8-3)54-72(56-74)62-51-61-63(50-60(62)57(5)66-52-67-64(78-66)46-48-76-67)73(71(75)70(61)69-53-68-65(79-69)47-49-77-68)55-59(44-40-36-31-25-21-17-13-9-4)45-41-37-33-29-27-23-19-15-11-7-2/h46-53,56,58-59H,6-45,54-55H2,1-5H3/b60-57+. The smallest absolute Gasteiger partial charge is 0.260 e. The summed E-state index contributed by atoms with van der Waals surface area (Å²) in [4.78, 5) is 36.3. The van der Waals surface area contributed by atoms with Crippen LogP contribution in [0.5, 0.6) is 0 Å². The number of carbonyl (C=O) groups is 2. The number of fused-ring (bicyclic) bond motifs is 3. The predicted octanol–water partition coefficient (Wildman–Crippen LogP) is 22.9. The van der Waals surface area contributed by atoms with Crippen LogP contribution in [0.15, 0.2) is 47.2 Å². The molecule has 6 rings (SSSR count). The summed E-state index contributed by atoms with van der Waals surface area (Å²) in [5, 5.41) is 6.49. The number of amides is 2. The van der Waals surface area contributed by atoms with Gasteiger partial charge in [0.25, 0.3) is 5.91 Å². The Kier molecular flexibility index (Phi) is 32.2. The molecular formula is C71H110N2O2S4. The lowest BCUT2D eigenvalue weighted by atomic mass is 9.93. The molecule has 5 heterocycles. The molecule has 2 unspecified atom stereocenters. The lowest BCUT2D eigenvalue weighted by molar-refractivity contribution is -0.113. The summed E-state index contributed by atoms with van der Waals surface area (Å²) in [5.41, 5.74) is 4.05. The molecule has 0 fully saturated rings. The number of unbranched alkanes of at least 4 members (excludes halogenated alkanes) is 32. The normalized spacial score (nSPS) is 13.9. The minimum absolute atomic E-state index is 0.150. The number of anilines is 2. The van der Waals surface area contributed by atoms with E-state index in [1.165, 1.54) is 273 Å². The molecule has 79 heavy (non-hydrogen) atoms. The molecule has 0 saturated carbocycles. The van der Waals surface area contributed by atoms with Gasteiger partial charge >= 0.3 is 0 Å². The highest BCUT2D eigenvalue weighted by molar-refractivity contribution is 7.28. The molecule has 2 amide bonds. The second kappa shape index (κ2) is 38.9. The zero-order chi connectivity index (χ0) is 55.7. The SMILES string of the molecule is CCCCCCCCCCCCC(CCCCCCCCCC)CN(C=O)c1cc2c(c/c1=C(/C)c1cc3sccc3s1)N(CC(CCCCCCCCCC)CCCCCCCCCCCC)C(=O)C=2c1cc2sccc2s1. The molecule has 1 aliphatic heterocycles. The van der Waals surface area contributed by atoms with Crippen molar-refractivity contribution >= 4 is 99.0 Å². The van der Waals surface area contributed by atoms with Crippen molar-refractivity contribution in [3.8, 4) is 0 Å². The van der Waals surface area contributed by atoms with Gasteiger partial charge < -0.3 is 9.80 Å². The van der Waals surface area contributed by atoms with E-state index in [0.717, 1.165) is 64.6 Å². The van der Waals surface area contributed by atoms with Gasteiger partial charge in [0, 0.05) is 52.1 Å². The lowest BCUT2D eigenvalue weighted by Gasteiger charge is -2.28. The zero-order valence-corrected chi connectivity index (χ0v) is 54.2. The molecule has 440 valence electrons. The van der Waals surface area contributed by atoms with Crippen LogP contribution < -0.4 is 20.2 Å². The highest BCUT2D eigenvalue weighted by Gasteiger charge is 2.34. The number of benzene rings is 1. The van der Waals surface area contributed by atoms with Crippen LogP contribution in [0.25, 0.3) is 29.9 Å². The first kappa shape index (κ1) is 65.4. The topological polar surface area (TPSA) is 40.6 Å². The van der Waals surface area contributed by atoms with Gasteiger partial charge in [0.2, 0.25) is 6.41 Å². The largest absolute Gasteiger partial charge is 0.314 e. The Bertz CT molecular complexity index is 2500. The molecule has 0 radical (unpaired) electrons. The molecule has 4 nitrogen and oxygen atoms in total. The number of carbonyl (C=O) groups excluding carboxylic acids is 2. The van der Waals surface area contributed by atoms with Crippen molar-refractivity contribution in [2.75, 3.05) is 22.9 Å². The van der Waals surface area contributed by atoms with Gasteiger partial charge in [-0.2, -0.15) is 0 Å². The fourth-order valence-electron chi connectivity index (χ4n) is 12.7. The van der Waals surface area contributed by atoms with Crippen molar-refractivity contribution in [1.29, 1.82) is 0 Å². The van der Waals surface area contributed by atoms with Crippen LogP contribution in [0.3, 0.4) is 0 Å². The Morgan fingerprint density at radius 3 is 1.32 bits per heavy atom. The van der Waals surface area contributed by atoms with Crippen LogP contribution in [-0.2, 0) is 9.59 Å². The third kappa shape index (κ3) is 22.1. The van der Waals surface area contributed by atoms with E-state index in [-0.39, 0.29) is 5.91 Å². The van der Waals surface area contributed by atoms with Gasteiger partial charge in [-0.1, -0.05) is 259 Å². The van der Waals surface area contributed by atoms with Crippen LogP contribution in [0, 0.1) is 11.8 Å². The fourth-order valence-corrected chi connectivity index (χ4v) is 16.9. The summed E-state index contributed by atoms with van der Waals surface area (Å²) in [6.07, 6.45) is 53.7. The molecular weight excluding hydrogens is 1040 g/mol. The average molecular weight is 1150 g/mol. The third-order valence-corrected chi connectivity index (χ3v) is 22.0. The summed E-state index contributed by atoms with van der Waals surface area (Å²) in [6.45, 7) is 13.0. The van der Waals surface area contributed by atoms with E-state index in [4.69, 9.17) is 0 Å². The second-order valence-corrected chi connectivity index (χ2v) is 28.3. The van der Waals surface area contributed by atoms with Crippen molar-refractivity contribution in [3.05, 3.63) is 67.3 Å². The van der Waals surface area contributed by atoms with Crippen LogP contribution >= 0.6 is 45.3 Å². The first-order valence-electron chi connectivity index (χ1n) is 33.3. The quantitative estimate of drug-likeness (QED) is 0.0288. The highest BCUT2D eigenvalue weighted by atomic mass is 32.1. The molecule has 1 aliphatic rings. The fraction of sp³-hybridized carbons (Fsp3) is 0.690. The van der Waals surface area contributed by atoms with Gasteiger partial charge in [-0.05, 0) is 97.2 Å². The minimum Gasteiger partial charge on any atom is -0.314 e. The van der Waals surface area contributed by atoms with Crippen LogP contribution in [-0.4, -0.2) is 25.4 Å². The number of hydrogen-bond acceptors (Lipinski definition) is 6. The predicted molar refractivity (Wildman–Crippen MR) is 356 cm³/mol. The maximum absolute atomic E-state index is 15.6. The molecule has 0 saturated heterocycles. The minimum atomic E-state index is 0.150. The Morgan fingerprint density at radius 2 is 0.899 bits per heavy atom. The Labute approximate surface area is 498 Å². The molecule has 8 heteroatoms. The van der Waals surface area contributed by atoms with E-state index in [1.54, 1.807) is 22.7 Å². The Hall–Kier alpha value is -2.78. The lowest BCUT2D eigenvalue weighted by Crippen LogP contribution is -2.36. The summed E-state index contributed by atoms with van der Waals surface area (Å²) < 4.78 is 5.13. The van der Waals surface area contributed by atoms with E-state index in [1.807, 2.05) is 22.7 Å². The van der Waals surface area contributed by atoms with E-state index >= 15 is 4.79 Å². The van der Waals surface area contributed by atoms with Crippen molar-refractivity contribution < 1.29 is 9.59 Å². The van der Waals surface area contributed by atoms with Gasteiger partial charge in [0.15, 0.2) is 0 Å². The number of nitrogens with zero attached hydrogens (tertiary/aromatic N) is 2. The van der Waals surface area contributed by atoms with Gasteiger partial charge in [-0.3, -0.25) is 9.59 Å². The van der Waals surface area contributed by atoms with E-state index in [0.29, 0.717) is 11.8 Å².